The second kappa shape index (κ2) is 11.9. The van der Waals surface area contributed by atoms with E-state index in [0.29, 0.717) is 6.61 Å². The predicted molar refractivity (Wildman–Crippen MR) is 72.4 cm³/mol. The first kappa shape index (κ1) is 18.8. The van der Waals surface area contributed by atoms with E-state index >= 15 is 0 Å². The fourth-order valence-corrected chi connectivity index (χ4v) is 0.992. The van der Waals surface area contributed by atoms with E-state index in [1.54, 1.807) is 0 Å². The van der Waals surface area contributed by atoms with Crippen LogP contribution < -0.4 is 0 Å². The SMILES string of the molecule is CC(=O)O.CC(=O)OC/C=C(/C)CCC=C(C)C. The first-order chi connectivity index (χ1) is 8.25. The largest absolute Gasteiger partial charge is 0.481 e. The molecule has 1 N–H and O–H groups in total. The average molecular weight is 256 g/mol. The zero-order chi connectivity index (χ0) is 14.6. The fraction of sp³-hybridized carbons (Fsp3) is 0.571. The molecule has 0 fully saturated rings. The van der Waals surface area contributed by atoms with Crippen LogP contribution >= 0.6 is 0 Å². The van der Waals surface area contributed by atoms with Crippen LogP contribution in [-0.4, -0.2) is 23.7 Å². The summed E-state index contributed by atoms with van der Waals surface area (Å²) >= 11 is 0. The lowest BCUT2D eigenvalue weighted by Gasteiger charge is -2.00. The van der Waals surface area contributed by atoms with Crippen LogP contribution in [0, 0.1) is 0 Å². The van der Waals surface area contributed by atoms with Crippen LogP contribution in [0.25, 0.3) is 0 Å². The molecule has 0 heterocycles. The van der Waals surface area contributed by atoms with Gasteiger partial charge in [-0.3, -0.25) is 9.59 Å². The van der Waals surface area contributed by atoms with Crippen LogP contribution in [0.1, 0.15) is 47.5 Å². The standard InChI is InChI=1S/C12H20O2.C2H4O2/c1-10(2)6-5-7-11(3)8-9-14-12(4)13;1-2(3)4/h6,8H,5,7,9H2,1-4H3;1H3,(H,3,4)/b11-8-;. The maximum atomic E-state index is 10.5. The fourth-order valence-electron chi connectivity index (χ4n) is 0.992. The predicted octanol–water partition coefficient (Wildman–Crippen LogP) is 3.33. The zero-order valence-electron chi connectivity index (χ0n) is 11.9. The van der Waals surface area contributed by atoms with Crippen LogP contribution in [-0.2, 0) is 14.3 Å². The van der Waals surface area contributed by atoms with Crippen LogP contribution in [0.4, 0.5) is 0 Å². The summed E-state index contributed by atoms with van der Waals surface area (Å²) in [6.45, 7) is 9.15. The van der Waals surface area contributed by atoms with Gasteiger partial charge in [0.15, 0.2) is 0 Å². The van der Waals surface area contributed by atoms with Gasteiger partial charge in [0.05, 0.1) is 0 Å². The van der Waals surface area contributed by atoms with Crippen molar-refractivity contribution in [1.82, 2.24) is 0 Å². The van der Waals surface area contributed by atoms with Gasteiger partial charge in [-0.1, -0.05) is 17.2 Å². The first-order valence-electron chi connectivity index (χ1n) is 5.87. The van der Waals surface area contributed by atoms with Crippen LogP contribution in [0.15, 0.2) is 23.3 Å². The summed E-state index contributed by atoms with van der Waals surface area (Å²) in [6, 6.07) is 0. The Balaban J connectivity index is 0. The Labute approximate surface area is 109 Å². The van der Waals surface area contributed by atoms with E-state index in [1.807, 2.05) is 6.08 Å². The van der Waals surface area contributed by atoms with E-state index in [9.17, 15) is 4.79 Å². The summed E-state index contributed by atoms with van der Waals surface area (Å²) in [5.41, 5.74) is 2.61. The van der Waals surface area contributed by atoms with Gasteiger partial charge in [-0.25, -0.2) is 0 Å². The number of aliphatic carboxylic acids is 1. The summed E-state index contributed by atoms with van der Waals surface area (Å²) < 4.78 is 4.81. The summed E-state index contributed by atoms with van der Waals surface area (Å²) in [5, 5.41) is 7.42. The van der Waals surface area contributed by atoms with Crippen LogP contribution in [0.2, 0.25) is 0 Å². The lowest BCUT2D eigenvalue weighted by Crippen LogP contribution is -1.98. The summed E-state index contributed by atoms with van der Waals surface area (Å²) in [7, 11) is 0. The van der Waals surface area contributed by atoms with Gasteiger partial charge in [-0.05, 0) is 39.7 Å². The van der Waals surface area contributed by atoms with E-state index in [0.717, 1.165) is 19.8 Å². The van der Waals surface area contributed by atoms with Gasteiger partial charge in [0, 0.05) is 13.8 Å². The van der Waals surface area contributed by atoms with E-state index < -0.39 is 5.97 Å². The third kappa shape index (κ3) is 23.9. The van der Waals surface area contributed by atoms with Crippen molar-refractivity contribution >= 4 is 11.9 Å². The Morgan fingerprint density at radius 2 is 1.56 bits per heavy atom. The molecular formula is C14H24O4. The molecule has 4 heteroatoms. The number of hydrogen-bond donors (Lipinski definition) is 1. The molecule has 0 spiro atoms. The molecule has 0 aliphatic heterocycles. The van der Waals surface area contributed by atoms with Gasteiger partial charge in [0.25, 0.3) is 5.97 Å². The number of allylic oxidation sites excluding steroid dienone is 3. The number of carboxylic acid groups (broad SMARTS) is 1. The smallest absolute Gasteiger partial charge is 0.302 e. The Kier molecular flexibility index (Phi) is 12.4. The highest BCUT2D eigenvalue weighted by atomic mass is 16.5. The number of hydrogen-bond acceptors (Lipinski definition) is 3. The van der Waals surface area contributed by atoms with Crippen molar-refractivity contribution in [3.8, 4) is 0 Å². The minimum absolute atomic E-state index is 0.224. The molecule has 0 aliphatic carbocycles. The molecule has 0 saturated carbocycles. The van der Waals surface area contributed by atoms with E-state index in [1.165, 1.54) is 18.1 Å². The minimum Gasteiger partial charge on any atom is -0.481 e. The molecule has 0 aromatic rings. The van der Waals surface area contributed by atoms with Gasteiger partial charge < -0.3 is 9.84 Å². The lowest BCUT2D eigenvalue weighted by molar-refractivity contribution is -0.139. The monoisotopic (exact) mass is 256 g/mol. The highest BCUT2D eigenvalue weighted by Crippen LogP contribution is 2.06. The normalized spacial score (nSPS) is 9.94. The van der Waals surface area contributed by atoms with Crippen LogP contribution in [0.5, 0.6) is 0 Å². The molecule has 0 rings (SSSR count). The topological polar surface area (TPSA) is 63.6 Å². The minimum atomic E-state index is -0.833. The lowest BCUT2D eigenvalue weighted by atomic mass is 10.1. The summed E-state index contributed by atoms with van der Waals surface area (Å²) in [4.78, 5) is 19.5. The number of carboxylic acids is 1. The molecule has 0 aliphatic rings. The molecule has 0 unspecified atom stereocenters. The average Bonchev–Trinajstić information content (AvgIpc) is 2.15. The van der Waals surface area contributed by atoms with Crippen LogP contribution in [0.3, 0.4) is 0 Å². The number of esters is 1. The first-order valence-corrected chi connectivity index (χ1v) is 5.87. The zero-order valence-corrected chi connectivity index (χ0v) is 11.9. The van der Waals surface area contributed by atoms with Crippen molar-refractivity contribution in [2.24, 2.45) is 0 Å². The molecule has 0 saturated heterocycles. The molecule has 0 amide bonds. The summed E-state index contributed by atoms with van der Waals surface area (Å²) in [6.07, 6.45) is 6.26. The van der Waals surface area contributed by atoms with Gasteiger partial charge >= 0.3 is 5.97 Å². The third-order valence-corrected chi connectivity index (χ3v) is 1.81. The Morgan fingerprint density at radius 3 is 1.94 bits per heavy atom. The molecule has 0 bridgehead atoms. The molecule has 0 radical (unpaired) electrons. The maximum absolute atomic E-state index is 10.5. The quantitative estimate of drug-likeness (QED) is 0.605. The Bertz CT molecular complexity index is 306. The van der Waals surface area contributed by atoms with Crippen molar-refractivity contribution in [3.05, 3.63) is 23.3 Å². The van der Waals surface area contributed by atoms with Crippen molar-refractivity contribution in [1.29, 1.82) is 0 Å². The van der Waals surface area contributed by atoms with Crippen molar-refractivity contribution in [2.75, 3.05) is 6.61 Å². The molecule has 0 aromatic heterocycles. The number of carbonyl (C=O) groups excluding carboxylic acids is 1. The second-order valence-electron chi connectivity index (χ2n) is 4.19. The third-order valence-electron chi connectivity index (χ3n) is 1.81. The van der Waals surface area contributed by atoms with Gasteiger partial charge in [0.2, 0.25) is 0 Å². The molecule has 18 heavy (non-hydrogen) atoms. The molecule has 104 valence electrons. The number of ether oxygens (including phenoxy) is 1. The van der Waals surface area contributed by atoms with E-state index in [2.05, 4.69) is 26.8 Å². The number of carbonyl (C=O) groups is 2. The maximum Gasteiger partial charge on any atom is 0.302 e. The summed E-state index contributed by atoms with van der Waals surface area (Å²) in [5.74, 6) is -1.06. The molecule has 0 atom stereocenters. The molecule has 4 nitrogen and oxygen atoms in total. The molecular weight excluding hydrogens is 232 g/mol. The van der Waals surface area contributed by atoms with Gasteiger partial charge in [0.1, 0.15) is 6.61 Å². The molecule has 0 aromatic carbocycles. The highest BCUT2D eigenvalue weighted by molar-refractivity contribution is 5.66. The van der Waals surface area contributed by atoms with Crippen molar-refractivity contribution in [2.45, 2.75) is 47.5 Å². The Hall–Kier alpha value is -1.58. The Morgan fingerprint density at radius 1 is 1.06 bits per heavy atom. The van der Waals surface area contributed by atoms with E-state index in [4.69, 9.17) is 14.6 Å². The van der Waals surface area contributed by atoms with Gasteiger partial charge in [-0.15, -0.1) is 0 Å². The second-order valence-corrected chi connectivity index (χ2v) is 4.19. The highest BCUT2D eigenvalue weighted by Gasteiger charge is 1.91. The van der Waals surface area contributed by atoms with E-state index in [-0.39, 0.29) is 5.97 Å². The van der Waals surface area contributed by atoms with Crippen molar-refractivity contribution < 1.29 is 19.4 Å². The van der Waals surface area contributed by atoms with Crippen molar-refractivity contribution in [3.63, 3.8) is 0 Å². The number of rotatable bonds is 5. The van der Waals surface area contributed by atoms with Gasteiger partial charge in [-0.2, -0.15) is 0 Å².